The number of aromatic nitrogens is 2. The van der Waals surface area contributed by atoms with Crippen molar-refractivity contribution < 1.29 is 4.74 Å². The normalized spacial score (nSPS) is 17.4. The van der Waals surface area contributed by atoms with E-state index < -0.39 is 0 Å². The minimum Gasteiger partial charge on any atom is -0.393 e. The molecule has 170 valence electrons. The zero-order chi connectivity index (χ0) is 22.3. The fourth-order valence-electron chi connectivity index (χ4n) is 3.52. The molecule has 0 bridgehead atoms. The van der Waals surface area contributed by atoms with Crippen LogP contribution in [-0.4, -0.2) is 65.3 Å². The maximum absolute atomic E-state index is 6.49. The van der Waals surface area contributed by atoms with Crippen molar-refractivity contribution in [1.82, 2.24) is 14.9 Å². The number of thioether (sulfide) groups is 1. The maximum Gasteiger partial charge on any atom is 0.231 e. The zero-order valence-corrected chi connectivity index (χ0v) is 19.4. The summed E-state index contributed by atoms with van der Waals surface area (Å²) in [5, 5.41) is 7.03. The van der Waals surface area contributed by atoms with Gasteiger partial charge in [-0.15, -0.1) is 0 Å². The number of anilines is 5. The molecule has 0 saturated carbocycles. The Hall–Kier alpha value is -2.38. The lowest BCUT2D eigenvalue weighted by molar-refractivity contribution is 0.0904. The van der Waals surface area contributed by atoms with Gasteiger partial charge in [0.2, 0.25) is 5.95 Å². The van der Waals surface area contributed by atoms with E-state index in [0.29, 0.717) is 41.4 Å². The first-order valence-electron chi connectivity index (χ1n) is 10.7. The second-order valence-corrected chi connectivity index (χ2v) is 9.37. The topological polar surface area (TPSA) is 114 Å². The molecular formula is C22H28ClN7OS. The van der Waals surface area contributed by atoms with E-state index in [-0.39, 0.29) is 11.9 Å². The Bertz CT molecular complexity index is 998. The van der Waals surface area contributed by atoms with Gasteiger partial charge in [0, 0.05) is 49.4 Å². The standard InChI is InChI=1S/C22H28ClN7OS/c23-17-14-15(2-1-7-30-8-12-32-13-9-30)3-4-18(17)27-22-28-20(25)19(24)21(29-22)26-16-5-10-31-11-6-16/h3-4,14,16H,5-13,24H2,(H4,25,26,27,28,29). The van der Waals surface area contributed by atoms with E-state index in [1.807, 2.05) is 30.0 Å². The molecule has 0 atom stereocenters. The monoisotopic (exact) mass is 473 g/mol. The molecule has 0 unspecified atom stereocenters. The highest BCUT2D eigenvalue weighted by Crippen LogP contribution is 2.29. The highest BCUT2D eigenvalue weighted by Gasteiger charge is 2.18. The molecule has 32 heavy (non-hydrogen) atoms. The second kappa shape index (κ2) is 11.0. The first-order valence-corrected chi connectivity index (χ1v) is 12.2. The van der Waals surface area contributed by atoms with E-state index in [1.165, 1.54) is 11.5 Å². The molecule has 0 amide bonds. The van der Waals surface area contributed by atoms with Gasteiger partial charge in [-0.1, -0.05) is 23.4 Å². The molecule has 4 rings (SSSR count). The summed E-state index contributed by atoms with van der Waals surface area (Å²) >= 11 is 8.48. The van der Waals surface area contributed by atoms with E-state index in [4.69, 9.17) is 27.8 Å². The summed E-state index contributed by atoms with van der Waals surface area (Å²) < 4.78 is 5.40. The molecular weight excluding hydrogens is 446 g/mol. The average Bonchev–Trinajstić information content (AvgIpc) is 2.80. The third kappa shape index (κ3) is 6.11. The van der Waals surface area contributed by atoms with Gasteiger partial charge in [-0.05, 0) is 31.0 Å². The number of hydrogen-bond donors (Lipinski definition) is 4. The van der Waals surface area contributed by atoms with Crippen LogP contribution in [0, 0.1) is 11.8 Å². The van der Waals surface area contributed by atoms with Gasteiger partial charge in [0.05, 0.1) is 17.3 Å². The highest BCUT2D eigenvalue weighted by molar-refractivity contribution is 7.99. The van der Waals surface area contributed by atoms with Gasteiger partial charge in [0.15, 0.2) is 11.6 Å². The number of nitrogens with two attached hydrogens (primary N) is 2. The highest BCUT2D eigenvalue weighted by atomic mass is 35.5. The Labute approximate surface area is 197 Å². The maximum atomic E-state index is 6.49. The lowest BCUT2D eigenvalue weighted by Gasteiger charge is -2.24. The summed E-state index contributed by atoms with van der Waals surface area (Å²) in [6, 6.07) is 5.86. The first-order chi connectivity index (χ1) is 15.6. The van der Waals surface area contributed by atoms with Crippen LogP contribution in [0.15, 0.2) is 18.2 Å². The van der Waals surface area contributed by atoms with Gasteiger partial charge in [-0.2, -0.15) is 21.7 Å². The number of benzene rings is 1. The van der Waals surface area contributed by atoms with Crippen LogP contribution >= 0.6 is 23.4 Å². The quantitative estimate of drug-likeness (QED) is 0.486. The fourth-order valence-corrected chi connectivity index (χ4v) is 4.72. The van der Waals surface area contributed by atoms with Crippen LogP contribution in [0.3, 0.4) is 0 Å². The van der Waals surface area contributed by atoms with Crippen molar-refractivity contribution in [2.24, 2.45) is 0 Å². The lowest BCUT2D eigenvalue weighted by Crippen LogP contribution is -2.32. The van der Waals surface area contributed by atoms with Crippen molar-refractivity contribution >= 4 is 52.3 Å². The Kier molecular flexibility index (Phi) is 7.81. The van der Waals surface area contributed by atoms with Crippen LogP contribution in [0.2, 0.25) is 5.02 Å². The number of nitrogens with one attached hydrogen (secondary N) is 2. The molecule has 2 aliphatic heterocycles. The Morgan fingerprint density at radius 3 is 2.72 bits per heavy atom. The second-order valence-electron chi connectivity index (χ2n) is 7.74. The summed E-state index contributed by atoms with van der Waals surface area (Å²) in [6.45, 7) is 4.40. The molecule has 6 N–H and O–H groups in total. The first kappa shape index (κ1) is 22.8. The summed E-state index contributed by atoms with van der Waals surface area (Å²) in [5.74, 6) is 9.85. The van der Waals surface area contributed by atoms with E-state index >= 15 is 0 Å². The van der Waals surface area contributed by atoms with E-state index in [9.17, 15) is 0 Å². The van der Waals surface area contributed by atoms with E-state index in [0.717, 1.165) is 38.0 Å². The summed E-state index contributed by atoms with van der Waals surface area (Å²) in [7, 11) is 0. The molecule has 1 aromatic heterocycles. The molecule has 1 aromatic carbocycles. The van der Waals surface area contributed by atoms with Crippen molar-refractivity contribution in [1.29, 1.82) is 0 Å². The number of rotatable bonds is 5. The molecule has 2 saturated heterocycles. The van der Waals surface area contributed by atoms with Gasteiger partial charge < -0.3 is 26.8 Å². The molecule has 10 heteroatoms. The number of ether oxygens (including phenoxy) is 1. The molecule has 0 aliphatic carbocycles. The van der Waals surface area contributed by atoms with Crippen molar-refractivity contribution in [3.8, 4) is 11.8 Å². The Morgan fingerprint density at radius 2 is 1.97 bits per heavy atom. The summed E-state index contributed by atoms with van der Waals surface area (Å²) in [6.07, 6.45) is 1.77. The van der Waals surface area contributed by atoms with E-state index in [2.05, 4.69) is 37.3 Å². The number of nitrogen functional groups attached to an aromatic ring is 2. The Morgan fingerprint density at radius 1 is 1.19 bits per heavy atom. The molecule has 3 heterocycles. The van der Waals surface area contributed by atoms with E-state index in [1.54, 1.807) is 0 Å². The van der Waals surface area contributed by atoms with Crippen LogP contribution in [0.1, 0.15) is 18.4 Å². The van der Waals surface area contributed by atoms with Crippen LogP contribution in [0.25, 0.3) is 0 Å². The average molecular weight is 474 g/mol. The molecule has 8 nitrogen and oxygen atoms in total. The summed E-state index contributed by atoms with van der Waals surface area (Å²) in [4.78, 5) is 11.1. The van der Waals surface area contributed by atoms with Gasteiger partial charge in [0.25, 0.3) is 0 Å². The minimum atomic E-state index is 0.215. The predicted molar refractivity (Wildman–Crippen MR) is 134 cm³/mol. The molecule has 2 aliphatic rings. The lowest BCUT2D eigenvalue weighted by atomic mass is 10.1. The zero-order valence-electron chi connectivity index (χ0n) is 17.9. The molecule has 2 fully saturated rings. The molecule has 2 aromatic rings. The molecule has 0 spiro atoms. The number of nitrogens with zero attached hydrogens (tertiary/aromatic N) is 3. The third-order valence-corrected chi connectivity index (χ3v) is 6.65. The van der Waals surface area contributed by atoms with Crippen molar-refractivity contribution in [3.63, 3.8) is 0 Å². The number of hydrogen-bond acceptors (Lipinski definition) is 9. The van der Waals surface area contributed by atoms with Gasteiger partial charge in [0.1, 0.15) is 5.69 Å². The summed E-state index contributed by atoms with van der Waals surface area (Å²) in [5.41, 5.74) is 14.0. The van der Waals surface area contributed by atoms with Gasteiger partial charge in [-0.3, -0.25) is 4.90 Å². The van der Waals surface area contributed by atoms with Crippen LogP contribution in [0.5, 0.6) is 0 Å². The third-order valence-electron chi connectivity index (χ3n) is 5.39. The van der Waals surface area contributed by atoms with Crippen LogP contribution in [-0.2, 0) is 4.74 Å². The predicted octanol–water partition coefficient (Wildman–Crippen LogP) is 3.03. The van der Waals surface area contributed by atoms with Crippen molar-refractivity contribution in [3.05, 3.63) is 28.8 Å². The minimum absolute atomic E-state index is 0.215. The van der Waals surface area contributed by atoms with Crippen LogP contribution in [0.4, 0.5) is 29.0 Å². The largest absolute Gasteiger partial charge is 0.393 e. The van der Waals surface area contributed by atoms with Gasteiger partial charge in [-0.25, -0.2) is 0 Å². The van der Waals surface area contributed by atoms with Gasteiger partial charge >= 0.3 is 0 Å². The molecule has 0 radical (unpaired) electrons. The van der Waals surface area contributed by atoms with Crippen molar-refractivity contribution in [2.75, 3.05) is 66.5 Å². The fraction of sp³-hybridized carbons (Fsp3) is 0.455. The smallest absolute Gasteiger partial charge is 0.231 e. The van der Waals surface area contributed by atoms with Crippen LogP contribution < -0.4 is 22.1 Å². The number of halogens is 1. The SMILES string of the molecule is Nc1nc(Nc2ccc(C#CCN3CCSCC3)cc2Cl)nc(NC2CCOCC2)c1N. The van der Waals surface area contributed by atoms with Crippen molar-refractivity contribution in [2.45, 2.75) is 18.9 Å². The Balaban J connectivity index is 1.43.